The van der Waals surface area contributed by atoms with E-state index in [0.29, 0.717) is 10.0 Å². The predicted molar refractivity (Wildman–Crippen MR) is 61.6 cm³/mol. The minimum Gasteiger partial charge on any atom is -0.465 e. The smallest absolute Gasteiger partial charge is 0.337 e. The summed E-state index contributed by atoms with van der Waals surface area (Å²) in [4.78, 5) is 11.2. The average molecular weight is 308 g/mol. The predicted octanol–water partition coefficient (Wildman–Crippen LogP) is 1.19. The van der Waals surface area contributed by atoms with Crippen molar-refractivity contribution in [3.8, 4) is 0 Å². The highest BCUT2D eigenvalue weighted by atomic mass is 79.9. The molecule has 1 aromatic carbocycles. The SMILES string of the molecule is COC(=O)c1cc(C)c(Br)c(S(N)(=O)=O)c1. The second-order valence-corrected chi connectivity index (χ2v) is 5.46. The number of ether oxygens (including phenoxy) is 1. The van der Waals surface area contributed by atoms with Gasteiger partial charge in [-0.15, -0.1) is 0 Å². The Morgan fingerprint density at radius 3 is 2.44 bits per heavy atom. The Labute approximate surface area is 102 Å². The molecule has 0 saturated heterocycles. The molecular formula is C9H10BrNO4S. The largest absolute Gasteiger partial charge is 0.465 e. The van der Waals surface area contributed by atoms with E-state index in [2.05, 4.69) is 20.7 Å². The van der Waals surface area contributed by atoms with E-state index in [1.807, 2.05) is 0 Å². The number of benzene rings is 1. The maximum atomic E-state index is 11.3. The molecule has 5 nitrogen and oxygen atoms in total. The van der Waals surface area contributed by atoms with Crippen LogP contribution in [0.15, 0.2) is 21.5 Å². The van der Waals surface area contributed by atoms with E-state index >= 15 is 0 Å². The topological polar surface area (TPSA) is 86.5 Å². The van der Waals surface area contributed by atoms with Crippen LogP contribution in [0.3, 0.4) is 0 Å². The van der Waals surface area contributed by atoms with Crippen molar-refractivity contribution in [1.82, 2.24) is 0 Å². The van der Waals surface area contributed by atoms with Crippen molar-refractivity contribution in [2.75, 3.05) is 7.11 Å². The number of aryl methyl sites for hydroxylation is 1. The van der Waals surface area contributed by atoms with Crippen molar-refractivity contribution < 1.29 is 17.9 Å². The van der Waals surface area contributed by atoms with Gasteiger partial charge in [-0.1, -0.05) is 0 Å². The molecule has 0 saturated carbocycles. The second kappa shape index (κ2) is 4.52. The van der Waals surface area contributed by atoms with Gasteiger partial charge in [-0.3, -0.25) is 0 Å². The Morgan fingerprint density at radius 1 is 1.44 bits per heavy atom. The van der Waals surface area contributed by atoms with E-state index in [4.69, 9.17) is 5.14 Å². The van der Waals surface area contributed by atoms with Crippen molar-refractivity contribution in [2.45, 2.75) is 11.8 Å². The number of nitrogens with two attached hydrogens (primary N) is 1. The summed E-state index contributed by atoms with van der Waals surface area (Å²) in [5, 5.41) is 5.03. The molecule has 0 amide bonds. The molecule has 1 rings (SSSR count). The normalized spacial score (nSPS) is 11.2. The maximum absolute atomic E-state index is 11.3. The number of esters is 1. The first-order valence-electron chi connectivity index (χ1n) is 4.18. The molecule has 0 aliphatic heterocycles. The number of rotatable bonds is 2. The molecule has 0 radical (unpaired) electrons. The number of hydrogen-bond donors (Lipinski definition) is 1. The molecule has 0 spiro atoms. The summed E-state index contributed by atoms with van der Waals surface area (Å²) < 4.78 is 27.4. The van der Waals surface area contributed by atoms with E-state index in [-0.39, 0.29) is 10.5 Å². The average Bonchev–Trinajstić information content (AvgIpc) is 2.18. The fraction of sp³-hybridized carbons (Fsp3) is 0.222. The number of primary sulfonamides is 1. The number of halogens is 1. The van der Waals surface area contributed by atoms with E-state index in [1.165, 1.54) is 19.2 Å². The molecule has 0 atom stereocenters. The van der Waals surface area contributed by atoms with Crippen LogP contribution in [0.1, 0.15) is 15.9 Å². The Kier molecular flexibility index (Phi) is 3.72. The summed E-state index contributed by atoms with van der Waals surface area (Å²) in [6.45, 7) is 1.66. The van der Waals surface area contributed by atoms with Gasteiger partial charge in [0.15, 0.2) is 0 Å². The number of carbonyl (C=O) groups excluding carboxylic acids is 1. The van der Waals surface area contributed by atoms with Gasteiger partial charge in [0.2, 0.25) is 10.0 Å². The zero-order valence-electron chi connectivity index (χ0n) is 8.65. The van der Waals surface area contributed by atoms with E-state index in [1.54, 1.807) is 6.92 Å². The van der Waals surface area contributed by atoms with Gasteiger partial charge in [0.05, 0.1) is 17.6 Å². The highest BCUT2D eigenvalue weighted by Gasteiger charge is 2.18. The number of carbonyl (C=O) groups is 1. The van der Waals surface area contributed by atoms with Crippen LogP contribution in [0.25, 0.3) is 0 Å². The molecular weight excluding hydrogens is 298 g/mol. The Morgan fingerprint density at radius 2 is 2.00 bits per heavy atom. The van der Waals surface area contributed by atoms with Gasteiger partial charge in [0, 0.05) is 4.47 Å². The van der Waals surface area contributed by atoms with Crippen molar-refractivity contribution in [1.29, 1.82) is 0 Å². The standard InChI is InChI=1S/C9H10BrNO4S/c1-5-3-6(9(12)15-2)4-7(8(5)10)16(11,13)14/h3-4H,1-2H3,(H2,11,13,14). The van der Waals surface area contributed by atoms with Crippen molar-refractivity contribution in [3.63, 3.8) is 0 Å². The molecule has 16 heavy (non-hydrogen) atoms. The lowest BCUT2D eigenvalue weighted by Crippen LogP contribution is -2.15. The number of methoxy groups -OCH3 is 1. The van der Waals surface area contributed by atoms with Crippen LogP contribution in [0.4, 0.5) is 0 Å². The number of hydrogen-bond acceptors (Lipinski definition) is 4. The summed E-state index contributed by atoms with van der Waals surface area (Å²) in [7, 11) is -2.66. The fourth-order valence-electron chi connectivity index (χ4n) is 1.18. The summed E-state index contributed by atoms with van der Waals surface area (Å²) in [5.41, 5.74) is 0.735. The van der Waals surface area contributed by atoms with E-state index in [0.717, 1.165) is 0 Å². The molecule has 7 heteroatoms. The summed E-state index contributed by atoms with van der Waals surface area (Å²) in [6.07, 6.45) is 0. The first-order valence-corrected chi connectivity index (χ1v) is 6.52. The van der Waals surface area contributed by atoms with Crippen LogP contribution in [-0.4, -0.2) is 21.5 Å². The van der Waals surface area contributed by atoms with Crippen molar-refractivity contribution in [2.24, 2.45) is 5.14 Å². The van der Waals surface area contributed by atoms with Gasteiger partial charge in [-0.25, -0.2) is 18.4 Å². The second-order valence-electron chi connectivity index (χ2n) is 3.14. The molecule has 0 aliphatic carbocycles. The molecule has 0 heterocycles. The van der Waals surface area contributed by atoms with Crippen molar-refractivity contribution in [3.05, 3.63) is 27.7 Å². The van der Waals surface area contributed by atoms with Gasteiger partial charge in [-0.2, -0.15) is 0 Å². The Hall–Kier alpha value is -0.920. The minimum atomic E-state index is -3.87. The van der Waals surface area contributed by atoms with E-state index in [9.17, 15) is 13.2 Å². The van der Waals surface area contributed by atoms with Gasteiger partial charge in [0.1, 0.15) is 0 Å². The zero-order chi connectivity index (χ0) is 12.5. The molecule has 1 aromatic rings. The Balaban J connectivity index is 3.52. The zero-order valence-corrected chi connectivity index (χ0v) is 11.1. The first-order chi connectivity index (χ1) is 7.27. The summed E-state index contributed by atoms with van der Waals surface area (Å²) in [5.74, 6) is -0.611. The molecule has 0 aliphatic rings. The lowest BCUT2D eigenvalue weighted by Gasteiger charge is -2.08. The number of sulfonamides is 1. The lowest BCUT2D eigenvalue weighted by atomic mass is 10.1. The van der Waals surface area contributed by atoms with Crippen LogP contribution in [0.5, 0.6) is 0 Å². The minimum absolute atomic E-state index is 0.132. The quantitative estimate of drug-likeness (QED) is 0.832. The highest BCUT2D eigenvalue weighted by molar-refractivity contribution is 9.10. The third kappa shape index (κ3) is 2.60. The molecule has 0 fully saturated rings. The van der Waals surface area contributed by atoms with Crippen LogP contribution in [0.2, 0.25) is 0 Å². The molecule has 2 N–H and O–H groups in total. The van der Waals surface area contributed by atoms with Gasteiger partial charge in [-0.05, 0) is 40.5 Å². The fourth-order valence-corrected chi connectivity index (χ4v) is 2.79. The van der Waals surface area contributed by atoms with Crippen molar-refractivity contribution >= 4 is 31.9 Å². The Bertz CT molecular complexity index is 539. The third-order valence-electron chi connectivity index (χ3n) is 1.95. The third-order valence-corrected chi connectivity index (χ3v) is 4.20. The van der Waals surface area contributed by atoms with E-state index < -0.39 is 16.0 Å². The maximum Gasteiger partial charge on any atom is 0.337 e. The molecule has 0 aromatic heterocycles. The summed E-state index contributed by atoms with van der Waals surface area (Å²) >= 11 is 3.11. The van der Waals surface area contributed by atoms with Gasteiger partial charge in [0.25, 0.3) is 0 Å². The van der Waals surface area contributed by atoms with Crippen LogP contribution in [-0.2, 0) is 14.8 Å². The molecule has 0 bridgehead atoms. The lowest BCUT2D eigenvalue weighted by molar-refractivity contribution is 0.0600. The highest BCUT2D eigenvalue weighted by Crippen LogP contribution is 2.26. The molecule has 0 unspecified atom stereocenters. The monoisotopic (exact) mass is 307 g/mol. The first kappa shape index (κ1) is 13.1. The van der Waals surface area contributed by atoms with Gasteiger partial charge < -0.3 is 4.74 Å². The van der Waals surface area contributed by atoms with Gasteiger partial charge >= 0.3 is 5.97 Å². The molecule has 88 valence electrons. The van der Waals surface area contributed by atoms with Crippen LogP contribution < -0.4 is 5.14 Å². The summed E-state index contributed by atoms with van der Waals surface area (Å²) in [6, 6.07) is 2.70. The van der Waals surface area contributed by atoms with Crippen LogP contribution in [0, 0.1) is 6.92 Å². The van der Waals surface area contributed by atoms with Crippen LogP contribution >= 0.6 is 15.9 Å².